The second-order valence-electron chi connectivity index (χ2n) is 2.17. The van der Waals surface area contributed by atoms with E-state index in [-0.39, 0.29) is 12.0 Å². The van der Waals surface area contributed by atoms with Crippen LogP contribution in [0.2, 0.25) is 0 Å². The summed E-state index contributed by atoms with van der Waals surface area (Å²) in [7, 11) is 0. The van der Waals surface area contributed by atoms with Gasteiger partial charge in [-0.3, -0.25) is 4.79 Å². The molecule has 1 heterocycles. The molecule has 0 aliphatic rings. The maximum atomic E-state index is 12.8. The number of hydrogen-bond donors (Lipinski definition) is 1. The molecule has 0 bridgehead atoms. The van der Waals surface area contributed by atoms with Crippen LogP contribution in [0.15, 0.2) is 12.3 Å². The van der Waals surface area contributed by atoms with Gasteiger partial charge in [0.25, 0.3) is 0 Å². The van der Waals surface area contributed by atoms with Crippen molar-refractivity contribution in [1.29, 1.82) is 0 Å². The van der Waals surface area contributed by atoms with Crippen molar-refractivity contribution in [3.05, 3.63) is 27.3 Å². The third kappa shape index (κ3) is 2.40. The fourth-order valence-electron chi connectivity index (χ4n) is 0.750. The highest BCUT2D eigenvalue weighted by Crippen LogP contribution is 2.09. The zero-order valence-electron chi connectivity index (χ0n) is 5.92. The van der Waals surface area contributed by atoms with Gasteiger partial charge < -0.3 is 5.11 Å². The van der Waals surface area contributed by atoms with Gasteiger partial charge in [0.15, 0.2) is 0 Å². The van der Waals surface area contributed by atoms with E-state index in [1.165, 1.54) is 6.07 Å². The van der Waals surface area contributed by atoms with E-state index in [9.17, 15) is 9.18 Å². The molecule has 0 aliphatic carbocycles. The summed E-state index contributed by atoms with van der Waals surface area (Å²) < 4.78 is 13.4. The maximum Gasteiger partial charge on any atom is 0.307 e. The molecule has 0 saturated heterocycles. The Hall–Kier alpha value is -0.720. The first-order valence-electron chi connectivity index (χ1n) is 3.11. The van der Waals surface area contributed by atoms with Gasteiger partial charge in [0, 0.05) is 5.56 Å². The van der Waals surface area contributed by atoms with Gasteiger partial charge in [-0.15, -0.1) is 0 Å². The molecule has 1 N–H and O–H groups in total. The molecule has 0 radical (unpaired) electrons. The number of aromatic nitrogens is 1. The Morgan fingerprint density at radius 3 is 3.00 bits per heavy atom. The van der Waals surface area contributed by atoms with Crippen LogP contribution in [0.1, 0.15) is 5.56 Å². The van der Waals surface area contributed by atoms with Gasteiger partial charge in [0.05, 0.1) is 12.6 Å². The molecule has 0 fully saturated rings. The molecule has 12 heavy (non-hydrogen) atoms. The molecule has 0 spiro atoms. The van der Waals surface area contributed by atoms with Crippen LogP contribution in [0.5, 0.6) is 0 Å². The highest BCUT2D eigenvalue weighted by Gasteiger charge is 2.07. The Kier molecular flexibility index (Phi) is 2.96. The molecular weight excluding hydrogens is 276 g/mol. The van der Waals surface area contributed by atoms with Gasteiger partial charge in [0.1, 0.15) is 9.52 Å². The number of carbonyl (C=O) groups is 1. The average molecular weight is 281 g/mol. The zero-order valence-corrected chi connectivity index (χ0v) is 8.08. The lowest BCUT2D eigenvalue weighted by atomic mass is 10.2. The minimum atomic E-state index is -1.05. The van der Waals surface area contributed by atoms with Crippen molar-refractivity contribution in [2.45, 2.75) is 6.42 Å². The lowest BCUT2D eigenvalue weighted by molar-refractivity contribution is -0.136. The number of hydrogen-bond acceptors (Lipinski definition) is 2. The van der Waals surface area contributed by atoms with E-state index >= 15 is 0 Å². The predicted molar refractivity (Wildman–Crippen MR) is 48.3 cm³/mol. The Labute approximate surface area is 81.8 Å². The third-order valence-electron chi connectivity index (χ3n) is 1.24. The average Bonchev–Trinajstić information content (AvgIpc) is 1.96. The van der Waals surface area contributed by atoms with Crippen molar-refractivity contribution in [3.63, 3.8) is 0 Å². The SMILES string of the molecule is O=C(O)Cc1cc(I)ncc1F. The molecular formula is C7H5FINO2. The molecule has 3 nitrogen and oxygen atoms in total. The topological polar surface area (TPSA) is 50.2 Å². The van der Waals surface area contributed by atoms with E-state index in [1.807, 2.05) is 22.6 Å². The van der Waals surface area contributed by atoms with Crippen LogP contribution in [0, 0.1) is 9.52 Å². The molecule has 0 saturated carbocycles. The van der Waals surface area contributed by atoms with Crippen molar-refractivity contribution in [2.24, 2.45) is 0 Å². The first kappa shape index (κ1) is 9.37. The Bertz CT molecular complexity index is 316. The van der Waals surface area contributed by atoms with Gasteiger partial charge >= 0.3 is 5.97 Å². The number of halogens is 2. The third-order valence-corrected chi connectivity index (χ3v) is 1.83. The number of carboxylic acid groups (broad SMARTS) is 1. The highest BCUT2D eigenvalue weighted by molar-refractivity contribution is 14.1. The summed E-state index contributed by atoms with van der Waals surface area (Å²) in [5, 5.41) is 8.39. The Morgan fingerprint density at radius 2 is 2.42 bits per heavy atom. The van der Waals surface area contributed by atoms with Crippen LogP contribution in [0.25, 0.3) is 0 Å². The molecule has 0 aromatic carbocycles. The number of carboxylic acids is 1. The number of rotatable bonds is 2. The summed E-state index contributed by atoms with van der Waals surface area (Å²) >= 11 is 1.90. The normalized spacial score (nSPS) is 9.83. The molecule has 64 valence electrons. The number of nitrogens with zero attached hydrogens (tertiary/aromatic N) is 1. The molecule has 1 rings (SSSR count). The second-order valence-corrected chi connectivity index (χ2v) is 3.27. The summed E-state index contributed by atoms with van der Waals surface area (Å²) in [5.41, 5.74) is 0.168. The summed E-state index contributed by atoms with van der Waals surface area (Å²) in [5.74, 6) is -1.62. The van der Waals surface area contributed by atoms with Crippen molar-refractivity contribution >= 4 is 28.6 Å². The van der Waals surface area contributed by atoms with Crippen LogP contribution in [0.4, 0.5) is 4.39 Å². The van der Waals surface area contributed by atoms with Gasteiger partial charge in [-0.05, 0) is 28.7 Å². The highest BCUT2D eigenvalue weighted by atomic mass is 127. The maximum absolute atomic E-state index is 12.8. The predicted octanol–water partition coefficient (Wildman–Crippen LogP) is 1.45. The van der Waals surface area contributed by atoms with E-state index in [4.69, 9.17) is 5.11 Å². The van der Waals surface area contributed by atoms with Crippen molar-refractivity contribution in [1.82, 2.24) is 4.98 Å². The largest absolute Gasteiger partial charge is 0.481 e. The molecule has 0 amide bonds. The lowest BCUT2D eigenvalue weighted by Gasteiger charge is -1.98. The van der Waals surface area contributed by atoms with Crippen LogP contribution < -0.4 is 0 Å². The summed E-state index contributed by atoms with van der Waals surface area (Å²) in [6, 6.07) is 1.42. The second kappa shape index (κ2) is 3.79. The van der Waals surface area contributed by atoms with Crippen LogP contribution >= 0.6 is 22.6 Å². The van der Waals surface area contributed by atoms with Crippen molar-refractivity contribution < 1.29 is 14.3 Å². The first-order chi connectivity index (χ1) is 5.59. The van der Waals surface area contributed by atoms with E-state index in [0.29, 0.717) is 3.70 Å². The van der Waals surface area contributed by atoms with E-state index in [1.54, 1.807) is 0 Å². The summed E-state index contributed by atoms with van der Waals surface area (Å²) in [6.07, 6.45) is 0.727. The Balaban J connectivity index is 2.97. The zero-order chi connectivity index (χ0) is 9.14. The number of pyridine rings is 1. The first-order valence-corrected chi connectivity index (χ1v) is 4.19. The van der Waals surface area contributed by atoms with Crippen molar-refractivity contribution in [3.8, 4) is 0 Å². The fourth-order valence-corrected chi connectivity index (χ4v) is 1.26. The molecule has 0 atom stereocenters. The van der Waals surface area contributed by atoms with Crippen LogP contribution in [-0.2, 0) is 11.2 Å². The minimum absolute atomic E-state index is 0.168. The summed E-state index contributed by atoms with van der Waals surface area (Å²) in [6.45, 7) is 0. The lowest BCUT2D eigenvalue weighted by Crippen LogP contribution is -2.03. The smallest absolute Gasteiger partial charge is 0.307 e. The van der Waals surface area contributed by atoms with Crippen LogP contribution in [0.3, 0.4) is 0 Å². The number of aliphatic carboxylic acids is 1. The molecule has 1 aromatic rings. The molecule has 5 heteroatoms. The standard InChI is InChI=1S/C7H5FINO2/c8-5-3-10-6(9)1-4(5)2-7(11)12/h1,3H,2H2,(H,11,12). The van der Waals surface area contributed by atoms with Crippen molar-refractivity contribution in [2.75, 3.05) is 0 Å². The van der Waals surface area contributed by atoms with Gasteiger partial charge in [-0.2, -0.15) is 0 Å². The van der Waals surface area contributed by atoms with Gasteiger partial charge in [0.2, 0.25) is 0 Å². The van der Waals surface area contributed by atoms with Crippen LogP contribution in [-0.4, -0.2) is 16.1 Å². The van der Waals surface area contributed by atoms with Gasteiger partial charge in [-0.1, -0.05) is 0 Å². The monoisotopic (exact) mass is 281 g/mol. The summed E-state index contributed by atoms with van der Waals surface area (Å²) in [4.78, 5) is 13.9. The van der Waals surface area contributed by atoms with Gasteiger partial charge in [-0.25, -0.2) is 9.37 Å². The van der Waals surface area contributed by atoms with E-state index < -0.39 is 11.8 Å². The minimum Gasteiger partial charge on any atom is -0.481 e. The molecule has 0 aliphatic heterocycles. The van der Waals surface area contributed by atoms with E-state index in [0.717, 1.165) is 6.20 Å². The molecule has 0 unspecified atom stereocenters. The molecule has 1 aromatic heterocycles. The quantitative estimate of drug-likeness (QED) is 0.659. The Morgan fingerprint density at radius 1 is 1.75 bits per heavy atom. The van der Waals surface area contributed by atoms with E-state index in [2.05, 4.69) is 4.98 Å². The fraction of sp³-hybridized carbons (Fsp3) is 0.143.